The number of carbonyl (C=O) groups is 1. The van der Waals surface area contributed by atoms with Crippen LogP contribution in [0.5, 0.6) is 5.75 Å². The van der Waals surface area contributed by atoms with Gasteiger partial charge in [0.05, 0.1) is 24.6 Å². The van der Waals surface area contributed by atoms with Crippen molar-refractivity contribution in [3.8, 4) is 5.75 Å². The van der Waals surface area contributed by atoms with Gasteiger partial charge in [0, 0.05) is 11.6 Å². The molecular weight excluding hydrogens is 366 g/mol. The minimum absolute atomic E-state index is 0.104. The quantitative estimate of drug-likeness (QED) is 0.735. The highest BCUT2D eigenvalue weighted by Gasteiger charge is 2.32. The number of hydrogen-bond donors (Lipinski definition) is 0. The molecule has 1 aliphatic heterocycles. The third-order valence-corrected chi connectivity index (χ3v) is 5.89. The Bertz CT molecular complexity index is 984. The predicted octanol–water partition coefficient (Wildman–Crippen LogP) is 3.07. The molecule has 7 heteroatoms. The molecule has 0 amide bonds. The Kier molecular flexibility index (Phi) is 5.15. The van der Waals surface area contributed by atoms with Crippen LogP contribution in [0.25, 0.3) is 0 Å². The molecule has 0 fully saturated rings. The summed E-state index contributed by atoms with van der Waals surface area (Å²) in [5, 5.41) is 0. The normalized spacial score (nSPS) is 16.1. The van der Waals surface area contributed by atoms with Crippen molar-refractivity contribution in [2.45, 2.75) is 32.9 Å². The zero-order chi connectivity index (χ0) is 19.8. The van der Waals surface area contributed by atoms with Gasteiger partial charge in [-0.1, -0.05) is 11.6 Å². The van der Waals surface area contributed by atoms with Gasteiger partial charge in [-0.05, 0) is 56.2 Å². The number of ether oxygens (including phenoxy) is 2. The van der Waals surface area contributed by atoms with Gasteiger partial charge in [0.15, 0.2) is 0 Å². The Morgan fingerprint density at radius 1 is 1.22 bits per heavy atom. The lowest BCUT2D eigenvalue weighted by Gasteiger charge is -2.21. The van der Waals surface area contributed by atoms with Gasteiger partial charge < -0.3 is 9.47 Å². The van der Waals surface area contributed by atoms with E-state index in [0.717, 1.165) is 16.7 Å². The monoisotopic (exact) mass is 389 g/mol. The zero-order valence-electron chi connectivity index (χ0n) is 15.9. The molecule has 0 aromatic heterocycles. The lowest BCUT2D eigenvalue weighted by Crippen LogP contribution is -2.34. The van der Waals surface area contributed by atoms with Crippen molar-refractivity contribution in [3.63, 3.8) is 0 Å². The van der Waals surface area contributed by atoms with Crippen LogP contribution in [-0.4, -0.2) is 33.8 Å². The minimum atomic E-state index is -3.35. The molecule has 1 heterocycles. The van der Waals surface area contributed by atoms with E-state index in [9.17, 15) is 13.2 Å². The average molecular weight is 389 g/mol. The maximum Gasteiger partial charge on any atom is 0.338 e. The Labute approximate surface area is 159 Å². The molecule has 0 bridgehead atoms. The summed E-state index contributed by atoms with van der Waals surface area (Å²) in [6.07, 6.45) is 1.76. The SMILES string of the molecule is COc1ccc(C)cc1COC(=O)c1ccc2c(c1)CC(C)N2S(C)(=O)=O. The molecule has 3 rings (SSSR count). The third-order valence-electron chi connectivity index (χ3n) is 4.62. The van der Waals surface area contributed by atoms with Gasteiger partial charge in [0.1, 0.15) is 12.4 Å². The summed E-state index contributed by atoms with van der Waals surface area (Å²) in [5.74, 6) is 0.215. The smallest absolute Gasteiger partial charge is 0.338 e. The topological polar surface area (TPSA) is 72.9 Å². The van der Waals surface area contributed by atoms with Crippen molar-refractivity contribution in [1.29, 1.82) is 0 Å². The van der Waals surface area contributed by atoms with Gasteiger partial charge in [-0.15, -0.1) is 0 Å². The van der Waals surface area contributed by atoms with E-state index in [0.29, 0.717) is 23.4 Å². The average Bonchev–Trinajstić information content (AvgIpc) is 2.94. The number of methoxy groups -OCH3 is 1. The number of sulfonamides is 1. The molecule has 1 unspecified atom stereocenters. The van der Waals surface area contributed by atoms with E-state index in [1.54, 1.807) is 25.3 Å². The number of nitrogens with zero attached hydrogens (tertiary/aromatic N) is 1. The number of rotatable bonds is 5. The molecule has 0 saturated carbocycles. The molecule has 27 heavy (non-hydrogen) atoms. The van der Waals surface area contributed by atoms with Crippen LogP contribution < -0.4 is 9.04 Å². The number of aryl methyl sites for hydroxylation is 1. The second-order valence-corrected chi connectivity index (χ2v) is 8.71. The number of carbonyl (C=O) groups excluding carboxylic acids is 1. The van der Waals surface area contributed by atoms with Gasteiger partial charge in [-0.3, -0.25) is 4.31 Å². The van der Waals surface area contributed by atoms with Crippen LogP contribution in [0.1, 0.15) is 34.0 Å². The first-order chi connectivity index (χ1) is 12.7. The summed E-state index contributed by atoms with van der Waals surface area (Å²) in [4.78, 5) is 12.5. The fourth-order valence-corrected chi connectivity index (χ4v) is 4.75. The Balaban J connectivity index is 1.78. The molecule has 6 nitrogen and oxygen atoms in total. The molecule has 2 aromatic carbocycles. The molecule has 0 N–H and O–H groups in total. The summed E-state index contributed by atoms with van der Waals surface area (Å²) in [5.41, 5.74) is 3.71. The van der Waals surface area contributed by atoms with Crippen LogP contribution in [0.3, 0.4) is 0 Å². The highest BCUT2D eigenvalue weighted by Crippen LogP contribution is 2.35. The standard InChI is InChI=1S/C20H23NO5S/c1-13-5-8-19(25-3)17(9-13)12-26-20(22)15-6-7-18-16(11-15)10-14(2)21(18)27(4,23)24/h5-9,11,14H,10,12H2,1-4H3. The number of hydrogen-bond acceptors (Lipinski definition) is 5. The van der Waals surface area contributed by atoms with Gasteiger partial charge in [-0.2, -0.15) is 0 Å². The molecule has 0 aliphatic carbocycles. The highest BCUT2D eigenvalue weighted by molar-refractivity contribution is 7.92. The van der Waals surface area contributed by atoms with E-state index in [1.807, 2.05) is 32.0 Å². The number of esters is 1. The molecule has 2 aromatic rings. The first kappa shape index (κ1) is 19.2. The number of benzene rings is 2. The van der Waals surface area contributed by atoms with E-state index in [2.05, 4.69) is 0 Å². The number of fused-ring (bicyclic) bond motifs is 1. The van der Waals surface area contributed by atoms with Crippen LogP contribution in [0.2, 0.25) is 0 Å². The van der Waals surface area contributed by atoms with E-state index in [1.165, 1.54) is 10.6 Å². The van der Waals surface area contributed by atoms with Crippen molar-refractivity contribution in [2.24, 2.45) is 0 Å². The second kappa shape index (κ2) is 7.23. The lowest BCUT2D eigenvalue weighted by atomic mass is 10.1. The maximum atomic E-state index is 12.5. The van der Waals surface area contributed by atoms with Gasteiger partial charge in [0.25, 0.3) is 0 Å². The maximum absolute atomic E-state index is 12.5. The van der Waals surface area contributed by atoms with Crippen LogP contribution in [-0.2, 0) is 27.8 Å². The minimum Gasteiger partial charge on any atom is -0.496 e. The van der Waals surface area contributed by atoms with E-state index in [4.69, 9.17) is 9.47 Å². The number of anilines is 1. The second-order valence-electron chi connectivity index (χ2n) is 6.85. The van der Waals surface area contributed by atoms with Crippen molar-refractivity contribution < 1.29 is 22.7 Å². The highest BCUT2D eigenvalue weighted by atomic mass is 32.2. The Morgan fingerprint density at radius 2 is 1.96 bits per heavy atom. The van der Waals surface area contributed by atoms with Crippen LogP contribution in [0.15, 0.2) is 36.4 Å². The molecule has 144 valence electrons. The van der Waals surface area contributed by atoms with Crippen molar-refractivity contribution in [2.75, 3.05) is 17.7 Å². The summed E-state index contributed by atoms with van der Waals surface area (Å²) < 4.78 is 36.1. The molecule has 0 saturated heterocycles. The lowest BCUT2D eigenvalue weighted by molar-refractivity contribution is 0.0470. The predicted molar refractivity (Wildman–Crippen MR) is 104 cm³/mol. The largest absolute Gasteiger partial charge is 0.496 e. The summed E-state index contributed by atoms with van der Waals surface area (Å²) >= 11 is 0. The molecule has 1 aliphatic rings. The van der Waals surface area contributed by atoms with Crippen molar-refractivity contribution >= 4 is 21.7 Å². The van der Waals surface area contributed by atoms with Gasteiger partial charge in [0.2, 0.25) is 10.0 Å². The van der Waals surface area contributed by atoms with Gasteiger partial charge >= 0.3 is 5.97 Å². The molecule has 0 radical (unpaired) electrons. The molecule has 1 atom stereocenters. The van der Waals surface area contributed by atoms with Crippen LogP contribution in [0, 0.1) is 6.92 Å². The Morgan fingerprint density at radius 3 is 2.63 bits per heavy atom. The van der Waals surface area contributed by atoms with Gasteiger partial charge in [-0.25, -0.2) is 13.2 Å². The molecular formula is C20H23NO5S. The summed E-state index contributed by atoms with van der Waals surface area (Å²) in [6.45, 7) is 3.91. The first-order valence-electron chi connectivity index (χ1n) is 8.63. The van der Waals surface area contributed by atoms with Crippen LogP contribution in [0.4, 0.5) is 5.69 Å². The van der Waals surface area contributed by atoms with E-state index >= 15 is 0 Å². The van der Waals surface area contributed by atoms with Crippen LogP contribution >= 0.6 is 0 Å². The third kappa shape index (κ3) is 3.93. The van der Waals surface area contributed by atoms with E-state index in [-0.39, 0.29) is 12.6 Å². The Hall–Kier alpha value is -2.54. The summed E-state index contributed by atoms with van der Waals surface area (Å²) in [7, 11) is -1.78. The fourth-order valence-electron chi connectivity index (χ4n) is 3.48. The summed E-state index contributed by atoms with van der Waals surface area (Å²) in [6, 6.07) is 10.5. The van der Waals surface area contributed by atoms with Crippen molar-refractivity contribution in [3.05, 3.63) is 58.7 Å². The fraction of sp³-hybridized carbons (Fsp3) is 0.350. The zero-order valence-corrected chi connectivity index (χ0v) is 16.7. The van der Waals surface area contributed by atoms with E-state index < -0.39 is 16.0 Å². The first-order valence-corrected chi connectivity index (χ1v) is 10.5. The van der Waals surface area contributed by atoms with Crippen molar-refractivity contribution in [1.82, 2.24) is 0 Å². The molecule has 0 spiro atoms.